The minimum absolute atomic E-state index is 0.794. The molecule has 1 aromatic heterocycles. The van der Waals surface area contributed by atoms with Crippen LogP contribution in [0.25, 0.3) is 0 Å². The lowest BCUT2D eigenvalue weighted by Crippen LogP contribution is -2.40. The fourth-order valence-corrected chi connectivity index (χ4v) is 3.17. The Balaban J connectivity index is 1.47. The summed E-state index contributed by atoms with van der Waals surface area (Å²) in [5.41, 5.74) is 0. The summed E-state index contributed by atoms with van der Waals surface area (Å²) < 4.78 is 5.16. The van der Waals surface area contributed by atoms with E-state index in [0.717, 1.165) is 24.3 Å². The van der Waals surface area contributed by atoms with Crippen LogP contribution in [0.1, 0.15) is 31.4 Å². The second kappa shape index (κ2) is 5.19. The molecule has 0 aromatic carbocycles. The van der Waals surface area contributed by atoms with Crippen LogP contribution in [0.4, 0.5) is 0 Å². The third kappa shape index (κ3) is 2.69. The van der Waals surface area contributed by atoms with Crippen LogP contribution in [0.2, 0.25) is 0 Å². The molecule has 4 nitrogen and oxygen atoms in total. The average molecular weight is 235 g/mol. The first-order valence-corrected chi connectivity index (χ1v) is 6.77. The monoisotopic (exact) mass is 235 g/mol. The first kappa shape index (κ1) is 11.2. The Kier molecular flexibility index (Phi) is 3.43. The van der Waals surface area contributed by atoms with E-state index in [9.17, 15) is 0 Å². The maximum atomic E-state index is 5.16. The van der Waals surface area contributed by atoms with E-state index in [1.165, 1.54) is 45.3 Å². The van der Waals surface area contributed by atoms with Crippen molar-refractivity contribution >= 4 is 0 Å². The molecular weight excluding hydrogens is 214 g/mol. The van der Waals surface area contributed by atoms with Crippen LogP contribution in [0, 0.1) is 5.92 Å². The standard InChI is InChI=1S/C13H21N3O/c1-2-13(14-6-1)11-4-8-16(9-5-11)10-12-3-7-15-17-12/h3,7,11,13-14H,1-2,4-6,8-10H2. The molecule has 1 N–H and O–H groups in total. The molecule has 1 atom stereocenters. The summed E-state index contributed by atoms with van der Waals surface area (Å²) in [5, 5.41) is 7.39. The van der Waals surface area contributed by atoms with Gasteiger partial charge in [-0.3, -0.25) is 4.90 Å². The first-order valence-electron chi connectivity index (χ1n) is 6.77. The van der Waals surface area contributed by atoms with Gasteiger partial charge in [0.25, 0.3) is 0 Å². The van der Waals surface area contributed by atoms with Crippen molar-refractivity contribution < 1.29 is 4.52 Å². The van der Waals surface area contributed by atoms with E-state index in [0.29, 0.717) is 0 Å². The SMILES string of the molecule is c1cc(CN2CCC(C3CCCN3)CC2)on1. The van der Waals surface area contributed by atoms with Crippen LogP contribution in [-0.4, -0.2) is 35.7 Å². The summed E-state index contributed by atoms with van der Waals surface area (Å²) >= 11 is 0. The van der Waals surface area contributed by atoms with Gasteiger partial charge in [0, 0.05) is 12.1 Å². The smallest absolute Gasteiger partial charge is 0.150 e. The quantitative estimate of drug-likeness (QED) is 0.864. The van der Waals surface area contributed by atoms with Crippen LogP contribution < -0.4 is 5.32 Å². The molecule has 2 aliphatic rings. The molecule has 3 rings (SSSR count). The summed E-state index contributed by atoms with van der Waals surface area (Å²) in [6, 6.07) is 2.76. The topological polar surface area (TPSA) is 41.3 Å². The minimum atomic E-state index is 0.794. The zero-order valence-corrected chi connectivity index (χ0v) is 10.3. The summed E-state index contributed by atoms with van der Waals surface area (Å²) in [5.74, 6) is 1.88. The van der Waals surface area contributed by atoms with Gasteiger partial charge in [-0.2, -0.15) is 0 Å². The third-order valence-electron chi connectivity index (χ3n) is 4.17. The maximum Gasteiger partial charge on any atom is 0.150 e. The van der Waals surface area contributed by atoms with Crippen molar-refractivity contribution in [1.29, 1.82) is 0 Å². The van der Waals surface area contributed by atoms with Crippen LogP contribution in [0.15, 0.2) is 16.8 Å². The lowest BCUT2D eigenvalue weighted by molar-refractivity contribution is 0.145. The van der Waals surface area contributed by atoms with Gasteiger partial charge in [-0.25, -0.2) is 0 Å². The third-order valence-corrected chi connectivity index (χ3v) is 4.17. The molecule has 1 unspecified atom stereocenters. The Hall–Kier alpha value is -0.870. The van der Waals surface area contributed by atoms with Gasteiger partial charge >= 0.3 is 0 Å². The van der Waals surface area contributed by atoms with E-state index >= 15 is 0 Å². The van der Waals surface area contributed by atoms with Gasteiger partial charge in [0.15, 0.2) is 5.76 Å². The molecule has 0 radical (unpaired) electrons. The molecule has 0 spiro atoms. The molecule has 3 heterocycles. The molecule has 94 valence electrons. The van der Waals surface area contributed by atoms with Crippen molar-refractivity contribution in [2.45, 2.75) is 38.3 Å². The highest BCUT2D eigenvalue weighted by Crippen LogP contribution is 2.26. The minimum Gasteiger partial charge on any atom is -0.360 e. The van der Waals surface area contributed by atoms with Crippen molar-refractivity contribution in [3.05, 3.63) is 18.0 Å². The number of nitrogens with one attached hydrogen (secondary N) is 1. The van der Waals surface area contributed by atoms with Crippen LogP contribution in [-0.2, 0) is 6.54 Å². The molecule has 0 aliphatic carbocycles. The van der Waals surface area contributed by atoms with Gasteiger partial charge in [-0.1, -0.05) is 5.16 Å². The second-order valence-electron chi connectivity index (χ2n) is 5.30. The molecular formula is C13H21N3O. The van der Waals surface area contributed by atoms with E-state index in [2.05, 4.69) is 15.4 Å². The first-order chi connectivity index (χ1) is 8.42. The van der Waals surface area contributed by atoms with Crippen molar-refractivity contribution in [1.82, 2.24) is 15.4 Å². The molecule has 1 aromatic rings. The predicted molar refractivity (Wildman–Crippen MR) is 65.5 cm³/mol. The molecule has 0 amide bonds. The zero-order chi connectivity index (χ0) is 11.5. The Bertz CT molecular complexity index is 324. The van der Waals surface area contributed by atoms with E-state index in [1.54, 1.807) is 6.20 Å². The second-order valence-corrected chi connectivity index (χ2v) is 5.30. The average Bonchev–Trinajstić information content (AvgIpc) is 3.01. The Labute approximate surface area is 102 Å². The number of piperidine rings is 1. The number of nitrogens with zero attached hydrogens (tertiary/aromatic N) is 2. The molecule has 17 heavy (non-hydrogen) atoms. The van der Waals surface area contributed by atoms with Crippen molar-refractivity contribution in [3.8, 4) is 0 Å². The Morgan fingerprint density at radius 2 is 2.24 bits per heavy atom. The van der Waals surface area contributed by atoms with E-state index < -0.39 is 0 Å². The van der Waals surface area contributed by atoms with E-state index in [4.69, 9.17) is 4.52 Å². The summed E-state index contributed by atoms with van der Waals surface area (Å²) in [4.78, 5) is 2.48. The van der Waals surface area contributed by atoms with E-state index in [-0.39, 0.29) is 0 Å². The number of hydrogen-bond donors (Lipinski definition) is 1. The number of rotatable bonds is 3. The zero-order valence-electron chi connectivity index (χ0n) is 10.3. The summed E-state index contributed by atoms with van der Waals surface area (Å²) in [6.07, 6.45) is 7.12. The maximum absolute atomic E-state index is 5.16. The van der Waals surface area contributed by atoms with Gasteiger partial charge in [0.2, 0.25) is 0 Å². The lowest BCUT2D eigenvalue weighted by Gasteiger charge is -2.34. The van der Waals surface area contributed by atoms with Gasteiger partial charge in [-0.15, -0.1) is 0 Å². The van der Waals surface area contributed by atoms with Gasteiger partial charge in [0.1, 0.15) is 0 Å². The van der Waals surface area contributed by atoms with Crippen LogP contribution in [0.3, 0.4) is 0 Å². The van der Waals surface area contributed by atoms with Crippen molar-refractivity contribution in [3.63, 3.8) is 0 Å². The van der Waals surface area contributed by atoms with Crippen molar-refractivity contribution in [2.75, 3.05) is 19.6 Å². The Morgan fingerprint density at radius 3 is 2.88 bits per heavy atom. The van der Waals surface area contributed by atoms with E-state index in [1.807, 2.05) is 6.07 Å². The highest BCUT2D eigenvalue weighted by Gasteiger charge is 2.28. The molecule has 4 heteroatoms. The number of aromatic nitrogens is 1. The molecule has 0 saturated carbocycles. The summed E-state index contributed by atoms with van der Waals surface area (Å²) in [6.45, 7) is 4.54. The lowest BCUT2D eigenvalue weighted by atomic mass is 9.88. The molecule has 2 fully saturated rings. The van der Waals surface area contributed by atoms with Crippen molar-refractivity contribution in [2.24, 2.45) is 5.92 Å². The number of hydrogen-bond acceptors (Lipinski definition) is 4. The summed E-state index contributed by atoms with van der Waals surface area (Å²) in [7, 11) is 0. The molecule has 2 saturated heterocycles. The predicted octanol–water partition coefficient (Wildman–Crippen LogP) is 1.64. The van der Waals surface area contributed by atoms with Gasteiger partial charge in [0.05, 0.1) is 12.7 Å². The Morgan fingerprint density at radius 1 is 1.35 bits per heavy atom. The normalized spacial score (nSPS) is 27.6. The highest BCUT2D eigenvalue weighted by atomic mass is 16.5. The van der Waals surface area contributed by atoms with Gasteiger partial charge < -0.3 is 9.84 Å². The van der Waals surface area contributed by atoms with Gasteiger partial charge in [-0.05, 0) is 51.2 Å². The fraction of sp³-hybridized carbons (Fsp3) is 0.769. The highest BCUT2D eigenvalue weighted by molar-refractivity contribution is 4.94. The molecule has 2 aliphatic heterocycles. The largest absolute Gasteiger partial charge is 0.360 e. The van der Waals surface area contributed by atoms with Crippen LogP contribution in [0.5, 0.6) is 0 Å². The van der Waals surface area contributed by atoms with Crippen LogP contribution >= 0.6 is 0 Å². The number of likely N-dealkylation sites (tertiary alicyclic amines) is 1. The molecule has 0 bridgehead atoms. The fourth-order valence-electron chi connectivity index (χ4n) is 3.17.